The molecule has 0 spiro atoms. The first-order valence-electron chi connectivity index (χ1n) is 9.21. The van der Waals surface area contributed by atoms with E-state index < -0.39 is 11.1 Å². The van der Waals surface area contributed by atoms with E-state index in [0.717, 1.165) is 37.8 Å². The average Bonchev–Trinajstić information content (AvgIpc) is 3.02. The van der Waals surface area contributed by atoms with Gasteiger partial charge in [0.05, 0.1) is 11.4 Å². The van der Waals surface area contributed by atoms with Crippen molar-refractivity contribution < 1.29 is 14.4 Å². The molecule has 6 heteroatoms. The molecule has 0 radical (unpaired) electrons. The van der Waals surface area contributed by atoms with E-state index >= 15 is 0 Å². The van der Waals surface area contributed by atoms with Gasteiger partial charge in [0.1, 0.15) is 0 Å². The summed E-state index contributed by atoms with van der Waals surface area (Å²) >= 11 is 4.24. The molecule has 0 atom stereocenters. The lowest BCUT2D eigenvalue weighted by atomic mass is 10.0. The van der Waals surface area contributed by atoms with Crippen LogP contribution in [-0.4, -0.2) is 28.4 Å². The van der Waals surface area contributed by atoms with Gasteiger partial charge in [0.15, 0.2) is 5.78 Å². The summed E-state index contributed by atoms with van der Waals surface area (Å²) in [7, 11) is 0. The SMILES string of the molecule is O=C(CN1C(=O)S/C(=C/c2cccc(Br)c2)C1=O)c1ccc(-c2ccccc2)cc1. The molecule has 0 aromatic heterocycles. The molecule has 2 amide bonds. The zero-order valence-electron chi connectivity index (χ0n) is 15.7. The quantitative estimate of drug-likeness (QED) is 0.332. The van der Waals surface area contributed by atoms with Gasteiger partial charge < -0.3 is 0 Å². The number of thioether (sulfide) groups is 1. The molecular weight excluding hydrogens is 462 g/mol. The summed E-state index contributed by atoms with van der Waals surface area (Å²) in [5.41, 5.74) is 3.32. The molecule has 0 unspecified atom stereocenters. The first-order valence-corrected chi connectivity index (χ1v) is 10.8. The van der Waals surface area contributed by atoms with E-state index in [1.807, 2.05) is 66.7 Å². The predicted molar refractivity (Wildman–Crippen MR) is 123 cm³/mol. The molecule has 0 saturated carbocycles. The summed E-state index contributed by atoms with van der Waals surface area (Å²) in [6, 6.07) is 24.5. The van der Waals surface area contributed by atoms with Gasteiger partial charge in [0.25, 0.3) is 11.1 Å². The van der Waals surface area contributed by atoms with Gasteiger partial charge in [-0.15, -0.1) is 0 Å². The third-order valence-electron chi connectivity index (χ3n) is 4.64. The van der Waals surface area contributed by atoms with E-state index in [-0.39, 0.29) is 12.3 Å². The second-order valence-corrected chi connectivity index (χ2v) is 8.60. The van der Waals surface area contributed by atoms with Crippen molar-refractivity contribution in [1.29, 1.82) is 0 Å². The maximum Gasteiger partial charge on any atom is 0.293 e. The number of Topliss-reactive ketones (excluding diaryl/α,β-unsaturated/α-hetero) is 1. The van der Waals surface area contributed by atoms with Crippen LogP contribution in [0.4, 0.5) is 4.79 Å². The Hall–Kier alpha value is -2.96. The van der Waals surface area contributed by atoms with Crippen molar-refractivity contribution in [3.05, 3.63) is 99.4 Å². The minimum absolute atomic E-state index is 0.273. The van der Waals surface area contributed by atoms with Gasteiger partial charge in [-0.3, -0.25) is 19.3 Å². The molecule has 1 aliphatic rings. The molecule has 3 aromatic rings. The fourth-order valence-corrected chi connectivity index (χ4v) is 4.35. The van der Waals surface area contributed by atoms with E-state index in [1.54, 1.807) is 18.2 Å². The molecule has 30 heavy (non-hydrogen) atoms. The standard InChI is InChI=1S/C24H16BrNO3S/c25-20-8-4-5-16(13-20)14-22-23(28)26(24(29)30-22)15-21(27)19-11-9-18(10-12-19)17-6-2-1-3-7-17/h1-14H,15H2/b22-14+. The van der Waals surface area contributed by atoms with Crippen LogP contribution in [0.2, 0.25) is 0 Å². The molecular formula is C24H16BrNO3S. The van der Waals surface area contributed by atoms with Gasteiger partial charge in [-0.25, -0.2) is 0 Å². The topological polar surface area (TPSA) is 54.5 Å². The molecule has 1 saturated heterocycles. The van der Waals surface area contributed by atoms with Crippen molar-refractivity contribution in [2.75, 3.05) is 6.54 Å². The Morgan fingerprint density at radius 3 is 2.30 bits per heavy atom. The normalized spacial score (nSPS) is 15.1. The van der Waals surface area contributed by atoms with E-state index in [0.29, 0.717) is 10.5 Å². The molecule has 148 valence electrons. The maximum atomic E-state index is 12.7. The smallest absolute Gasteiger partial charge is 0.292 e. The largest absolute Gasteiger partial charge is 0.293 e. The summed E-state index contributed by atoms with van der Waals surface area (Å²) in [5, 5.41) is -0.435. The van der Waals surface area contributed by atoms with E-state index in [4.69, 9.17) is 0 Å². The number of nitrogens with zero attached hydrogens (tertiary/aromatic N) is 1. The molecule has 0 N–H and O–H groups in total. The zero-order chi connectivity index (χ0) is 21.1. The number of hydrogen-bond donors (Lipinski definition) is 0. The number of amides is 2. The highest BCUT2D eigenvalue weighted by Crippen LogP contribution is 2.32. The molecule has 1 fully saturated rings. The van der Waals surface area contributed by atoms with Gasteiger partial charge >= 0.3 is 0 Å². The van der Waals surface area contributed by atoms with E-state index in [2.05, 4.69) is 15.9 Å². The first-order chi connectivity index (χ1) is 14.5. The molecule has 0 bridgehead atoms. The molecule has 4 nitrogen and oxygen atoms in total. The third kappa shape index (κ3) is 4.45. The van der Waals surface area contributed by atoms with Crippen molar-refractivity contribution in [1.82, 2.24) is 4.90 Å². The summed E-state index contributed by atoms with van der Waals surface area (Å²) in [6.45, 7) is -0.273. The highest BCUT2D eigenvalue weighted by atomic mass is 79.9. The number of halogens is 1. The van der Waals surface area contributed by atoms with Gasteiger partial charge in [-0.2, -0.15) is 0 Å². The van der Waals surface area contributed by atoms with Crippen LogP contribution in [0, 0.1) is 0 Å². The Labute approximate surface area is 186 Å². The third-order valence-corrected chi connectivity index (χ3v) is 6.04. The summed E-state index contributed by atoms with van der Waals surface area (Å²) in [4.78, 5) is 39.0. The van der Waals surface area contributed by atoms with Crippen LogP contribution in [0.25, 0.3) is 17.2 Å². The van der Waals surface area contributed by atoms with E-state index in [9.17, 15) is 14.4 Å². The van der Waals surface area contributed by atoms with Crippen LogP contribution in [0.5, 0.6) is 0 Å². The van der Waals surface area contributed by atoms with Crippen molar-refractivity contribution in [2.24, 2.45) is 0 Å². The van der Waals surface area contributed by atoms with Crippen molar-refractivity contribution in [3.8, 4) is 11.1 Å². The lowest BCUT2D eigenvalue weighted by molar-refractivity contribution is -0.122. The highest BCUT2D eigenvalue weighted by Gasteiger charge is 2.36. The number of carbonyl (C=O) groups is 3. The lowest BCUT2D eigenvalue weighted by Gasteiger charge is -2.11. The van der Waals surface area contributed by atoms with Gasteiger partial charge in [0.2, 0.25) is 0 Å². The average molecular weight is 478 g/mol. The molecule has 4 rings (SSSR count). The Balaban J connectivity index is 1.48. The van der Waals surface area contributed by atoms with Crippen LogP contribution >= 0.6 is 27.7 Å². The Kier molecular flexibility index (Phi) is 5.97. The fraction of sp³-hybridized carbons (Fsp3) is 0.0417. The summed E-state index contributed by atoms with van der Waals surface area (Å²) in [6.07, 6.45) is 1.66. The van der Waals surface area contributed by atoms with Crippen molar-refractivity contribution in [2.45, 2.75) is 0 Å². The van der Waals surface area contributed by atoms with Crippen LogP contribution < -0.4 is 0 Å². The number of imide groups is 1. The monoisotopic (exact) mass is 477 g/mol. The second kappa shape index (κ2) is 8.81. The minimum Gasteiger partial charge on any atom is -0.292 e. The van der Waals surface area contributed by atoms with Crippen LogP contribution in [-0.2, 0) is 4.79 Å². The van der Waals surface area contributed by atoms with Gasteiger partial charge in [-0.05, 0) is 46.7 Å². The fourth-order valence-electron chi connectivity index (χ4n) is 3.10. The number of carbonyl (C=O) groups excluding carboxylic acids is 3. The molecule has 1 aliphatic heterocycles. The predicted octanol–water partition coefficient (Wildman–Crippen LogP) is 6.04. The number of ketones is 1. The van der Waals surface area contributed by atoms with E-state index in [1.165, 1.54) is 0 Å². The van der Waals surface area contributed by atoms with Crippen molar-refractivity contribution >= 4 is 50.7 Å². The molecule has 3 aromatic carbocycles. The van der Waals surface area contributed by atoms with Crippen LogP contribution in [0.15, 0.2) is 88.2 Å². The maximum absolute atomic E-state index is 12.7. The molecule has 0 aliphatic carbocycles. The Morgan fingerprint density at radius 2 is 1.60 bits per heavy atom. The first kappa shape index (κ1) is 20.3. The minimum atomic E-state index is -0.445. The summed E-state index contributed by atoms with van der Waals surface area (Å²) in [5.74, 6) is -0.722. The number of benzene rings is 3. The Morgan fingerprint density at radius 1 is 0.900 bits per heavy atom. The van der Waals surface area contributed by atoms with Gasteiger partial charge in [0, 0.05) is 10.0 Å². The second-order valence-electron chi connectivity index (χ2n) is 6.69. The molecule has 1 heterocycles. The van der Waals surface area contributed by atoms with Crippen LogP contribution in [0.3, 0.4) is 0 Å². The Bertz CT molecular complexity index is 1160. The number of hydrogen-bond acceptors (Lipinski definition) is 4. The number of rotatable bonds is 5. The highest BCUT2D eigenvalue weighted by molar-refractivity contribution is 9.10. The van der Waals surface area contributed by atoms with Crippen molar-refractivity contribution in [3.63, 3.8) is 0 Å². The summed E-state index contributed by atoms with van der Waals surface area (Å²) < 4.78 is 0.879. The van der Waals surface area contributed by atoms with Crippen LogP contribution in [0.1, 0.15) is 15.9 Å². The lowest BCUT2D eigenvalue weighted by Crippen LogP contribution is -2.33. The zero-order valence-corrected chi connectivity index (χ0v) is 18.2. The van der Waals surface area contributed by atoms with Gasteiger partial charge in [-0.1, -0.05) is 82.7 Å².